The van der Waals surface area contributed by atoms with E-state index in [9.17, 15) is 18.0 Å². The van der Waals surface area contributed by atoms with Gasteiger partial charge in [0.1, 0.15) is 10.6 Å². The molecule has 2 aromatic heterocycles. The summed E-state index contributed by atoms with van der Waals surface area (Å²) in [6.45, 7) is 5.24. The summed E-state index contributed by atoms with van der Waals surface area (Å²) in [5.74, 6) is 0.159. The Labute approximate surface area is 183 Å². The molecule has 1 aromatic carbocycles. The third-order valence-corrected chi connectivity index (χ3v) is 7.32. The van der Waals surface area contributed by atoms with Gasteiger partial charge in [-0.05, 0) is 50.6 Å². The Morgan fingerprint density at radius 2 is 1.94 bits per heavy atom. The van der Waals surface area contributed by atoms with Crippen LogP contribution in [0.1, 0.15) is 35.7 Å². The van der Waals surface area contributed by atoms with E-state index in [1.165, 1.54) is 42.7 Å². The fraction of sp³-hybridized carbons (Fsp3) is 0.350. The van der Waals surface area contributed by atoms with Crippen molar-refractivity contribution in [3.05, 3.63) is 50.9 Å². The van der Waals surface area contributed by atoms with Crippen molar-refractivity contribution >= 4 is 37.5 Å². The molecule has 1 atom stereocenters. The highest BCUT2D eigenvalue weighted by Crippen LogP contribution is 2.27. The molecule has 0 saturated carbocycles. The number of hydrogen-bond donors (Lipinski definition) is 2. The van der Waals surface area contributed by atoms with Crippen molar-refractivity contribution in [1.29, 1.82) is 0 Å². The van der Waals surface area contributed by atoms with Gasteiger partial charge in [-0.25, -0.2) is 18.1 Å². The molecule has 2 N–H and O–H groups in total. The van der Waals surface area contributed by atoms with Crippen LogP contribution in [0, 0.1) is 13.8 Å². The van der Waals surface area contributed by atoms with Crippen molar-refractivity contribution in [2.24, 2.45) is 0 Å². The zero-order valence-corrected chi connectivity index (χ0v) is 19.1. The van der Waals surface area contributed by atoms with Gasteiger partial charge in [-0.2, -0.15) is 0 Å². The van der Waals surface area contributed by atoms with Crippen molar-refractivity contribution in [1.82, 2.24) is 14.7 Å². The number of aryl methyl sites for hydroxylation is 2. The summed E-state index contributed by atoms with van der Waals surface area (Å²) in [5, 5.41) is 0.540. The van der Waals surface area contributed by atoms with Gasteiger partial charge in [-0.3, -0.25) is 9.59 Å². The number of methoxy groups -OCH3 is 1. The lowest BCUT2D eigenvalue weighted by atomic mass is 10.2. The molecule has 3 aromatic rings. The molecule has 166 valence electrons. The molecule has 0 saturated heterocycles. The maximum absolute atomic E-state index is 12.4. The second-order valence-electron chi connectivity index (χ2n) is 6.87. The van der Waals surface area contributed by atoms with Gasteiger partial charge < -0.3 is 14.5 Å². The zero-order chi connectivity index (χ0) is 22.8. The first-order valence-corrected chi connectivity index (χ1v) is 11.8. The maximum atomic E-state index is 12.4. The molecule has 9 nitrogen and oxygen atoms in total. The van der Waals surface area contributed by atoms with Gasteiger partial charge in [-0.1, -0.05) is 0 Å². The van der Waals surface area contributed by atoms with Crippen LogP contribution in [-0.4, -0.2) is 38.0 Å². The number of nitrogens with zero attached hydrogens (tertiary/aromatic N) is 1. The Hall–Kier alpha value is -2.76. The van der Waals surface area contributed by atoms with Gasteiger partial charge in [0.25, 0.3) is 5.56 Å². The third-order valence-electron chi connectivity index (χ3n) is 4.74. The molecule has 0 aliphatic rings. The van der Waals surface area contributed by atoms with Crippen LogP contribution in [0.15, 0.2) is 34.0 Å². The molecule has 0 bridgehead atoms. The Morgan fingerprint density at radius 3 is 2.58 bits per heavy atom. The molecule has 11 heteroatoms. The Bertz CT molecular complexity index is 1260. The van der Waals surface area contributed by atoms with Crippen LogP contribution in [0.4, 0.5) is 0 Å². The van der Waals surface area contributed by atoms with E-state index in [1.807, 2.05) is 13.8 Å². The van der Waals surface area contributed by atoms with Gasteiger partial charge in [0.2, 0.25) is 10.0 Å². The molecule has 0 amide bonds. The topological polar surface area (TPSA) is 127 Å². The van der Waals surface area contributed by atoms with E-state index in [2.05, 4.69) is 14.7 Å². The van der Waals surface area contributed by atoms with Gasteiger partial charge in [0.15, 0.2) is 11.9 Å². The van der Waals surface area contributed by atoms with Crippen molar-refractivity contribution in [3.8, 4) is 5.75 Å². The largest absolute Gasteiger partial charge is 0.497 e. The molecule has 0 fully saturated rings. The Morgan fingerprint density at radius 1 is 1.26 bits per heavy atom. The van der Waals surface area contributed by atoms with Crippen molar-refractivity contribution in [2.75, 3.05) is 13.7 Å². The number of aromatic nitrogens is 2. The van der Waals surface area contributed by atoms with Crippen LogP contribution in [0.2, 0.25) is 0 Å². The maximum Gasteiger partial charge on any atom is 0.307 e. The minimum atomic E-state index is -3.77. The van der Waals surface area contributed by atoms with Gasteiger partial charge >= 0.3 is 5.97 Å². The number of rotatable bonds is 8. The standard InChI is InChI=1S/C20H23N3O6S2/c1-11-13(3)30-20-17(11)19(25)22-18(23-20)12(2)29-16(24)9-10-21-31(26,27)15-7-5-14(28-4)6-8-15/h5-8,12,21H,9-10H2,1-4H3,(H,22,23,25)/t12-/m0/s1. The van der Waals surface area contributed by atoms with E-state index in [4.69, 9.17) is 9.47 Å². The molecule has 0 radical (unpaired) electrons. The molecular weight excluding hydrogens is 442 g/mol. The fourth-order valence-electron chi connectivity index (χ4n) is 2.90. The van der Waals surface area contributed by atoms with E-state index in [0.29, 0.717) is 16.0 Å². The van der Waals surface area contributed by atoms with Crippen LogP contribution >= 0.6 is 11.3 Å². The predicted octanol–water partition coefficient (Wildman–Crippen LogP) is 2.58. The van der Waals surface area contributed by atoms with E-state index in [1.54, 1.807) is 6.92 Å². The number of H-pyrrole nitrogens is 1. The van der Waals surface area contributed by atoms with E-state index < -0.39 is 22.1 Å². The number of carbonyl (C=O) groups is 1. The van der Waals surface area contributed by atoms with Crippen molar-refractivity contribution < 1.29 is 22.7 Å². The van der Waals surface area contributed by atoms with E-state index in [0.717, 1.165) is 10.4 Å². The van der Waals surface area contributed by atoms with Crippen LogP contribution in [0.25, 0.3) is 10.2 Å². The molecule has 0 aliphatic carbocycles. The summed E-state index contributed by atoms with van der Waals surface area (Å²) in [5.41, 5.74) is 0.603. The number of nitrogens with one attached hydrogen (secondary N) is 2. The number of ether oxygens (including phenoxy) is 2. The second kappa shape index (κ2) is 9.16. The number of carbonyl (C=O) groups excluding carboxylic acids is 1. The first-order chi connectivity index (χ1) is 14.6. The highest BCUT2D eigenvalue weighted by Gasteiger charge is 2.19. The number of thiophene rings is 1. The Balaban J connectivity index is 1.59. The summed E-state index contributed by atoms with van der Waals surface area (Å²) in [7, 11) is -2.28. The van der Waals surface area contributed by atoms with E-state index in [-0.39, 0.29) is 29.2 Å². The Kier molecular flexibility index (Phi) is 6.77. The number of sulfonamides is 1. The zero-order valence-electron chi connectivity index (χ0n) is 17.5. The average Bonchev–Trinajstić information content (AvgIpc) is 3.01. The van der Waals surface area contributed by atoms with Crippen LogP contribution < -0.4 is 15.0 Å². The first kappa shape index (κ1) is 22.9. The molecule has 0 unspecified atom stereocenters. The van der Waals surface area contributed by atoms with Crippen LogP contribution in [0.5, 0.6) is 5.75 Å². The smallest absolute Gasteiger partial charge is 0.307 e. The van der Waals surface area contributed by atoms with E-state index >= 15 is 0 Å². The van der Waals surface area contributed by atoms with Crippen LogP contribution in [-0.2, 0) is 19.6 Å². The quantitative estimate of drug-likeness (QED) is 0.490. The van der Waals surface area contributed by atoms with Gasteiger partial charge in [-0.15, -0.1) is 11.3 Å². The van der Waals surface area contributed by atoms with Gasteiger partial charge in [0, 0.05) is 11.4 Å². The first-order valence-electron chi connectivity index (χ1n) is 9.45. The lowest BCUT2D eigenvalue weighted by Crippen LogP contribution is -2.27. The summed E-state index contributed by atoms with van der Waals surface area (Å²) >= 11 is 1.40. The molecule has 0 spiro atoms. The average molecular weight is 466 g/mol. The minimum absolute atomic E-state index is 0.0617. The second-order valence-corrected chi connectivity index (χ2v) is 9.84. The van der Waals surface area contributed by atoms with Crippen LogP contribution in [0.3, 0.4) is 0 Å². The SMILES string of the molecule is COc1ccc(S(=O)(=O)NCCC(=O)O[C@@H](C)c2nc3sc(C)c(C)c3c(=O)[nH]2)cc1. The summed E-state index contributed by atoms with van der Waals surface area (Å²) in [6, 6.07) is 5.89. The minimum Gasteiger partial charge on any atom is -0.497 e. The summed E-state index contributed by atoms with van der Waals surface area (Å²) in [4.78, 5) is 33.2. The predicted molar refractivity (Wildman–Crippen MR) is 117 cm³/mol. The van der Waals surface area contributed by atoms with Crippen molar-refractivity contribution in [3.63, 3.8) is 0 Å². The summed E-state index contributed by atoms with van der Waals surface area (Å²) < 4.78 is 37.3. The fourth-order valence-corrected chi connectivity index (χ4v) is 4.97. The highest BCUT2D eigenvalue weighted by atomic mass is 32.2. The normalized spacial score (nSPS) is 12.6. The summed E-state index contributed by atoms with van der Waals surface area (Å²) in [6.07, 6.45) is -0.964. The number of aromatic amines is 1. The number of benzene rings is 1. The number of fused-ring (bicyclic) bond motifs is 1. The highest BCUT2D eigenvalue weighted by molar-refractivity contribution is 7.89. The van der Waals surface area contributed by atoms with Crippen molar-refractivity contribution in [2.45, 2.75) is 38.2 Å². The number of hydrogen-bond acceptors (Lipinski definition) is 8. The van der Waals surface area contributed by atoms with Gasteiger partial charge in [0.05, 0.1) is 23.8 Å². The molecular formula is C20H23N3O6S2. The number of esters is 1. The molecule has 3 rings (SSSR count). The lowest BCUT2D eigenvalue weighted by Gasteiger charge is -2.13. The third kappa shape index (κ3) is 5.12. The lowest BCUT2D eigenvalue weighted by molar-refractivity contribution is -0.148. The molecule has 0 aliphatic heterocycles. The molecule has 2 heterocycles. The molecule has 31 heavy (non-hydrogen) atoms. The monoisotopic (exact) mass is 465 g/mol.